The minimum Gasteiger partial charge on any atom is -0.491 e. The van der Waals surface area contributed by atoms with E-state index in [-0.39, 0.29) is 18.4 Å². The van der Waals surface area contributed by atoms with Gasteiger partial charge >= 0.3 is 0 Å². The number of carbonyl (C=O) groups excluding carboxylic acids is 1. The van der Waals surface area contributed by atoms with Crippen LogP contribution in [0.3, 0.4) is 0 Å². The fourth-order valence-electron chi connectivity index (χ4n) is 2.63. The topological polar surface area (TPSA) is 77.0 Å². The summed E-state index contributed by atoms with van der Waals surface area (Å²) in [6.45, 7) is 2.68. The second-order valence-electron chi connectivity index (χ2n) is 5.55. The number of rotatable bonds is 6. The van der Waals surface area contributed by atoms with Crippen molar-refractivity contribution in [1.29, 1.82) is 0 Å². The molecule has 1 aromatic carbocycles. The first-order valence-corrected chi connectivity index (χ1v) is 8.03. The molecule has 0 aromatic heterocycles. The van der Waals surface area contributed by atoms with Crippen LogP contribution in [0.2, 0.25) is 0 Å². The van der Waals surface area contributed by atoms with Crippen molar-refractivity contribution in [3.63, 3.8) is 0 Å². The first-order chi connectivity index (χ1) is 10.0. The molecule has 1 aromatic rings. The Morgan fingerprint density at radius 3 is 2.57 bits per heavy atom. The van der Waals surface area contributed by atoms with Crippen LogP contribution in [0.4, 0.5) is 0 Å². The van der Waals surface area contributed by atoms with Gasteiger partial charge in [-0.05, 0) is 24.3 Å². The van der Waals surface area contributed by atoms with E-state index >= 15 is 0 Å². The lowest BCUT2D eigenvalue weighted by molar-refractivity contribution is -0.908. The van der Waals surface area contributed by atoms with Crippen molar-refractivity contribution < 1.29 is 19.5 Å². The van der Waals surface area contributed by atoms with Crippen LogP contribution in [-0.4, -0.2) is 43.4 Å². The van der Waals surface area contributed by atoms with Gasteiger partial charge in [-0.15, -0.1) is 0 Å². The third-order valence-corrected chi connectivity index (χ3v) is 4.40. The number of benzene rings is 1. The Hall–Kier alpha value is -1.11. The lowest BCUT2D eigenvalue weighted by Crippen LogP contribution is -3.14. The second kappa shape index (κ2) is 7.77. The van der Waals surface area contributed by atoms with E-state index in [4.69, 9.17) is 10.5 Å². The van der Waals surface area contributed by atoms with E-state index in [1.165, 1.54) is 4.90 Å². The maximum atomic E-state index is 11.1. The third-order valence-electron chi connectivity index (χ3n) is 3.88. The Morgan fingerprint density at radius 1 is 1.38 bits per heavy atom. The summed E-state index contributed by atoms with van der Waals surface area (Å²) < 4.78 is 6.56. The zero-order valence-electron chi connectivity index (χ0n) is 11.9. The van der Waals surface area contributed by atoms with Crippen molar-refractivity contribution in [1.82, 2.24) is 0 Å². The summed E-state index contributed by atoms with van der Waals surface area (Å²) in [6, 6.07) is 7.53. The summed E-state index contributed by atoms with van der Waals surface area (Å²) in [7, 11) is 0. The second-order valence-corrected chi connectivity index (χ2v) is 6.47. The largest absolute Gasteiger partial charge is 0.491 e. The van der Waals surface area contributed by atoms with Crippen LogP contribution in [0.25, 0.3) is 0 Å². The predicted octanol–water partition coefficient (Wildman–Crippen LogP) is -0.0310. The van der Waals surface area contributed by atoms with E-state index in [0.29, 0.717) is 6.54 Å². The number of quaternary nitrogens is 1. The van der Waals surface area contributed by atoms with Crippen LogP contribution >= 0.6 is 15.9 Å². The molecule has 1 saturated heterocycles. The van der Waals surface area contributed by atoms with E-state index in [0.717, 1.165) is 36.2 Å². The molecule has 0 saturated carbocycles. The molecule has 0 bridgehead atoms. The van der Waals surface area contributed by atoms with Gasteiger partial charge in [0, 0.05) is 23.2 Å². The summed E-state index contributed by atoms with van der Waals surface area (Å²) in [5.41, 5.74) is 5.32. The quantitative estimate of drug-likeness (QED) is 0.669. The Morgan fingerprint density at radius 2 is 2.00 bits per heavy atom. The number of aliphatic hydroxyl groups excluding tert-OH is 1. The Bertz CT molecular complexity index is 458. The first-order valence-electron chi connectivity index (χ1n) is 7.24. The van der Waals surface area contributed by atoms with Gasteiger partial charge in [-0.25, -0.2) is 0 Å². The molecule has 1 atom stereocenters. The fraction of sp³-hybridized carbons (Fsp3) is 0.533. The van der Waals surface area contributed by atoms with E-state index in [1.807, 2.05) is 24.3 Å². The van der Waals surface area contributed by atoms with Crippen LogP contribution in [0, 0.1) is 5.92 Å². The maximum absolute atomic E-state index is 11.1. The maximum Gasteiger partial charge on any atom is 0.220 e. The van der Waals surface area contributed by atoms with Crippen molar-refractivity contribution in [3.05, 3.63) is 28.7 Å². The number of aliphatic hydroxyl groups is 1. The number of nitrogens with two attached hydrogens (primary N) is 1. The molecule has 2 rings (SSSR count). The van der Waals surface area contributed by atoms with Gasteiger partial charge in [0.1, 0.15) is 25.0 Å². The van der Waals surface area contributed by atoms with E-state index in [9.17, 15) is 9.90 Å². The first kappa shape index (κ1) is 16.3. The molecule has 5 nitrogen and oxygen atoms in total. The standard InChI is InChI=1S/C15H21BrN2O3/c16-12-1-3-14(4-2-12)21-10-13(19)9-18-7-5-11(6-8-18)15(17)20/h1-4,11,13,19H,5-10H2,(H2,17,20)/p+1/t13-/m0/s1. The van der Waals surface area contributed by atoms with Crippen LogP contribution in [0.1, 0.15) is 12.8 Å². The van der Waals surface area contributed by atoms with Crippen molar-refractivity contribution in [2.45, 2.75) is 18.9 Å². The number of amides is 1. The van der Waals surface area contributed by atoms with Crippen molar-refractivity contribution in [2.24, 2.45) is 11.7 Å². The number of carbonyl (C=O) groups is 1. The van der Waals surface area contributed by atoms with Crippen molar-refractivity contribution in [3.8, 4) is 5.75 Å². The molecule has 1 heterocycles. The van der Waals surface area contributed by atoms with Crippen LogP contribution in [-0.2, 0) is 4.79 Å². The highest BCUT2D eigenvalue weighted by molar-refractivity contribution is 9.10. The lowest BCUT2D eigenvalue weighted by Gasteiger charge is -2.29. The van der Waals surface area contributed by atoms with Gasteiger partial charge < -0.3 is 20.5 Å². The molecule has 1 aliphatic rings. The number of ether oxygens (including phenoxy) is 1. The zero-order valence-corrected chi connectivity index (χ0v) is 13.5. The summed E-state index contributed by atoms with van der Waals surface area (Å²) >= 11 is 3.37. The normalized spacial score (nSPS) is 23.5. The molecule has 1 fully saturated rings. The van der Waals surface area contributed by atoms with Crippen molar-refractivity contribution in [2.75, 3.05) is 26.2 Å². The Kier molecular flexibility index (Phi) is 6.02. The highest BCUT2D eigenvalue weighted by Gasteiger charge is 2.27. The average molecular weight is 358 g/mol. The van der Waals surface area contributed by atoms with E-state index in [2.05, 4.69) is 15.9 Å². The monoisotopic (exact) mass is 357 g/mol. The lowest BCUT2D eigenvalue weighted by atomic mass is 9.96. The SMILES string of the molecule is NC(=O)C1CC[NH+](C[C@H](O)COc2ccc(Br)cc2)CC1. The number of nitrogens with one attached hydrogen (secondary N) is 1. The molecule has 0 spiro atoms. The summed E-state index contributed by atoms with van der Waals surface area (Å²) in [4.78, 5) is 12.4. The molecule has 0 aliphatic carbocycles. The Labute approximate surface area is 133 Å². The minimum absolute atomic E-state index is 0.00454. The highest BCUT2D eigenvalue weighted by atomic mass is 79.9. The number of hydrogen-bond acceptors (Lipinski definition) is 3. The highest BCUT2D eigenvalue weighted by Crippen LogP contribution is 2.16. The number of primary amides is 1. The number of likely N-dealkylation sites (tertiary alicyclic amines) is 1. The van der Waals surface area contributed by atoms with Crippen molar-refractivity contribution >= 4 is 21.8 Å². The molecule has 4 N–H and O–H groups in total. The third kappa shape index (κ3) is 5.30. The molecule has 0 unspecified atom stereocenters. The zero-order chi connectivity index (χ0) is 15.2. The minimum atomic E-state index is -0.506. The smallest absolute Gasteiger partial charge is 0.220 e. The molecular formula is C15H22BrN2O3+. The molecule has 0 radical (unpaired) electrons. The summed E-state index contributed by atoms with van der Waals surface area (Å²) in [6.07, 6.45) is 1.12. The predicted molar refractivity (Wildman–Crippen MR) is 83.1 cm³/mol. The van der Waals surface area contributed by atoms with Crippen LogP contribution in [0.15, 0.2) is 28.7 Å². The van der Waals surface area contributed by atoms with Crippen LogP contribution < -0.4 is 15.4 Å². The molecule has 1 amide bonds. The van der Waals surface area contributed by atoms with Gasteiger partial charge in [0.15, 0.2) is 0 Å². The fourth-order valence-corrected chi connectivity index (χ4v) is 2.89. The van der Waals surface area contributed by atoms with Crippen LogP contribution in [0.5, 0.6) is 5.75 Å². The van der Waals surface area contributed by atoms with Gasteiger partial charge in [-0.3, -0.25) is 4.79 Å². The molecular weight excluding hydrogens is 336 g/mol. The summed E-state index contributed by atoms with van der Waals surface area (Å²) in [5, 5.41) is 10.0. The molecule has 1 aliphatic heterocycles. The molecule has 116 valence electrons. The van der Waals surface area contributed by atoms with E-state index < -0.39 is 6.10 Å². The molecule has 21 heavy (non-hydrogen) atoms. The number of halogens is 1. The Balaban J connectivity index is 1.69. The summed E-state index contributed by atoms with van der Waals surface area (Å²) in [5.74, 6) is 0.553. The average Bonchev–Trinajstić information content (AvgIpc) is 2.47. The van der Waals surface area contributed by atoms with Gasteiger partial charge in [0.25, 0.3) is 0 Å². The molecule has 6 heteroatoms. The van der Waals surface area contributed by atoms with E-state index in [1.54, 1.807) is 0 Å². The van der Waals surface area contributed by atoms with Gasteiger partial charge in [-0.1, -0.05) is 15.9 Å². The van der Waals surface area contributed by atoms with Gasteiger partial charge in [0.2, 0.25) is 5.91 Å². The van der Waals surface area contributed by atoms with Gasteiger partial charge in [-0.2, -0.15) is 0 Å². The number of hydrogen-bond donors (Lipinski definition) is 3. The van der Waals surface area contributed by atoms with Gasteiger partial charge in [0.05, 0.1) is 13.1 Å². The number of piperidine rings is 1.